The van der Waals surface area contributed by atoms with Gasteiger partial charge < -0.3 is 15.3 Å². The van der Waals surface area contributed by atoms with Gasteiger partial charge >= 0.3 is 0 Å². The molecule has 0 bridgehead atoms. The molecule has 0 aliphatic carbocycles. The van der Waals surface area contributed by atoms with Crippen molar-refractivity contribution in [2.24, 2.45) is 0 Å². The molecule has 1 rings (SSSR count). The summed E-state index contributed by atoms with van der Waals surface area (Å²) in [5.41, 5.74) is 0.989. The zero-order chi connectivity index (χ0) is 11.8. The van der Waals surface area contributed by atoms with Crippen molar-refractivity contribution in [2.75, 3.05) is 33.7 Å². The van der Waals surface area contributed by atoms with Crippen molar-refractivity contribution in [1.29, 1.82) is 0 Å². The maximum Gasteiger partial charge on any atom is 0.0916 e. The van der Waals surface area contributed by atoms with E-state index in [0.29, 0.717) is 6.54 Å². The van der Waals surface area contributed by atoms with Crippen LogP contribution < -0.4 is 5.32 Å². The van der Waals surface area contributed by atoms with Crippen LogP contribution in [0, 0.1) is 0 Å². The van der Waals surface area contributed by atoms with E-state index in [0.717, 1.165) is 25.1 Å². The van der Waals surface area contributed by atoms with Gasteiger partial charge in [-0.25, -0.2) is 0 Å². The Hall–Kier alpha value is -0.900. The molecule has 0 aliphatic rings. The monoisotopic (exact) mass is 222 g/mol. The minimum Gasteiger partial charge on any atom is -0.387 e. The minimum absolute atomic E-state index is 0.388. The van der Waals surface area contributed by atoms with E-state index < -0.39 is 0 Å². The number of nitrogens with zero attached hydrogens (tertiary/aromatic N) is 1. The highest BCUT2D eigenvalue weighted by Crippen LogP contribution is 2.12. The maximum absolute atomic E-state index is 9.99. The summed E-state index contributed by atoms with van der Waals surface area (Å²) in [5, 5.41) is 13.1. The Morgan fingerprint density at radius 3 is 2.62 bits per heavy atom. The zero-order valence-corrected chi connectivity index (χ0v) is 10.2. The van der Waals surface area contributed by atoms with Gasteiger partial charge in [0.2, 0.25) is 0 Å². The third-order valence-electron chi connectivity index (χ3n) is 2.64. The average molecular weight is 222 g/mol. The van der Waals surface area contributed by atoms with Gasteiger partial charge in [-0.2, -0.15) is 0 Å². The van der Waals surface area contributed by atoms with E-state index in [-0.39, 0.29) is 6.10 Å². The molecular formula is C13H22N2O. The molecule has 3 nitrogen and oxygen atoms in total. The fraction of sp³-hybridized carbons (Fsp3) is 0.538. The fourth-order valence-corrected chi connectivity index (χ4v) is 1.69. The molecule has 2 N–H and O–H groups in total. The molecule has 0 fully saturated rings. The van der Waals surface area contributed by atoms with Gasteiger partial charge in [0.1, 0.15) is 0 Å². The van der Waals surface area contributed by atoms with Gasteiger partial charge in [0, 0.05) is 6.54 Å². The normalized spacial score (nSPS) is 13.0. The second kappa shape index (κ2) is 7.39. The molecule has 1 aromatic rings. The van der Waals surface area contributed by atoms with Crippen molar-refractivity contribution in [3.63, 3.8) is 0 Å². The van der Waals surface area contributed by atoms with Gasteiger partial charge in [0.15, 0.2) is 0 Å². The van der Waals surface area contributed by atoms with Crippen LogP contribution in [0.3, 0.4) is 0 Å². The number of nitrogens with one attached hydrogen (secondary N) is 1. The lowest BCUT2D eigenvalue weighted by Crippen LogP contribution is -2.27. The molecule has 90 valence electrons. The highest BCUT2D eigenvalue weighted by Gasteiger charge is 2.09. The van der Waals surface area contributed by atoms with Crippen LogP contribution in [0.1, 0.15) is 18.1 Å². The molecule has 0 aromatic heterocycles. The van der Waals surface area contributed by atoms with E-state index in [1.807, 2.05) is 44.4 Å². The first-order valence-corrected chi connectivity index (χ1v) is 5.80. The summed E-state index contributed by atoms with van der Waals surface area (Å²) >= 11 is 0. The van der Waals surface area contributed by atoms with Gasteiger partial charge in [-0.15, -0.1) is 0 Å². The second-order valence-electron chi connectivity index (χ2n) is 4.15. The average Bonchev–Trinajstić information content (AvgIpc) is 2.30. The van der Waals surface area contributed by atoms with Crippen LogP contribution in [-0.4, -0.2) is 43.7 Å². The van der Waals surface area contributed by atoms with Crippen molar-refractivity contribution in [1.82, 2.24) is 10.2 Å². The van der Waals surface area contributed by atoms with Gasteiger partial charge in [-0.1, -0.05) is 30.3 Å². The molecule has 0 amide bonds. The summed E-state index contributed by atoms with van der Waals surface area (Å²) in [5.74, 6) is 0. The van der Waals surface area contributed by atoms with Gasteiger partial charge in [-0.05, 0) is 39.2 Å². The Morgan fingerprint density at radius 2 is 2.00 bits per heavy atom. The SMILES string of the molecule is CNCCCN(C)CC(O)c1ccccc1. The first-order valence-electron chi connectivity index (χ1n) is 5.80. The van der Waals surface area contributed by atoms with Crippen LogP contribution >= 0.6 is 0 Å². The third kappa shape index (κ3) is 4.75. The molecule has 0 aliphatic heterocycles. The Bertz CT molecular complexity index is 277. The molecule has 1 unspecified atom stereocenters. The highest BCUT2D eigenvalue weighted by atomic mass is 16.3. The van der Waals surface area contributed by atoms with Crippen molar-refractivity contribution in [2.45, 2.75) is 12.5 Å². The van der Waals surface area contributed by atoms with Crippen molar-refractivity contribution in [3.8, 4) is 0 Å². The minimum atomic E-state index is -0.388. The third-order valence-corrected chi connectivity index (χ3v) is 2.64. The van der Waals surface area contributed by atoms with Crippen LogP contribution in [0.15, 0.2) is 30.3 Å². The van der Waals surface area contributed by atoms with Crippen LogP contribution in [0.5, 0.6) is 0 Å². The predicted molar refractivity (Wildman–Crippen MR) is 67.4 cm³/mol. The van der Waals surface area contributed by atoms with Crippen LogP contribution in [0.25, 0.3) is 0 Å². The Balaban J connectivity index is 2.31. The lowest BCUT2D eigenvalue weighted by Gasteiger charge is -2.20. The first-order chi connectivity index (χ1) is 7.74. The molecule has 1 atom stereocenters. The quantitative estimate of drug-likeness (QED) is 0.682. The van der Waals surface area contributed by atoms with Crippen molar-refractivity contribution >= 4 is 0 Å². The van der Waals surface area contributed by atoms with E-state index in [1.165, 1.54) is 0 Å². The summed E-state index contributed by atoms with van der Waals surface area (Å²) < 4.78 is 0. The molecule has 0 saturated carbocycles. The van der Waals surface area contributed by atoms with E-state index in [1.54, 1.807) is 0 Å². The van der Waals surface area contributed by atoms with Gasteiger partial charge in [-0.3, -0.25) is 0 Å². The van der Waals surface area contributed by atoms with Crippen LogP contribution in [0.2, 0.25) is 0 Å². The molecule has 3 heteroatoms. The number of hydrogen-bond donors (Lipinski definition) is 2. The standard InChI is InChI=1S/C13H22N2O/c1-14-9-6-10-15(2)11-13(16)12-7-4-3-5-8-12/h3-5,7-8,13-14,16H,6,9-11H2,1-2H3. The first kappa shape index (κ1) is 13.2. The Labute approximate surface area is 98.1 Å². The molecule has 0 spiro atoms. The summed E-state index contributed by atoms with van der Waals surface area (Å²) in [7, 11) is 4.00. The topological polar surface area (TPSA) is 35.5 Å². The van der Waals surface area contributed by atoms with Gasteiger partial charge in [0.25, 0.3) is 0 Å². The van der Waals surface area contributed by atoms with E-state index in [4.69, 9.17) is 0 Å². The van der Waals surface area contributed by atoms with Gasteiger partial charge in [0.05, 0.1) is 6.10 Å². The number of aliphatic hydroxyl groups is 1. The molecule has 0 radical (unpaired) electrons. The molecule has 16 heavy (non-hydrogen) atoms. The number of likely N-dealkylation sites (N-methyl/N-ethyl adjacent to an activating group) is 1. The zero-order valence-electron chi connectivity index (χ0n) is 10.2. The highest BCUT2D eigenvalue weighted by molar-refractivity contribution is 5.17. The lowest BCUT2D eigenvalue weighted by molar-refractivity contribution is 0.126. The van der Waals surface area contributed by atoms with Crippen molar-refractivity contribution in [3.05, 3.63) is 35.9 Å². The molecule has 0 heterocycles. The molecule has 0 saturated heterocycles. The summed E-state index contributed by atoms with van der Waals surface area (Å²) in [4.78, 5) is 2.16. The Morgan fingerprint density at radius 1 is 1.31 bits per heavy atom. The molecule has 1 aromatic carbocycles. The molecular weight excluding hydrogens is 200 g/mol. The smallest absolute Gasteiger partial charge is 0.0916 e. The van der Waals surface area contributed by atoms with E-state index in [2.05, 4.69) is 10.2 Å². The maximum atomic E-state index is 9.99. The summed E-state index contributed by atoms with van der Waals surface area (Å²) in [6, 6.07) is 9.81. The predicted octanol–water partition coefficient (Wildman–Crippen LogP) is 1.26. The summed E-state index contributed by atoms with van der Waals surface area (Å²) in [6.45, 7) is 2.71. The van der Waals surface area contributed by atoms with E-state index >= 15 is 0 Å². The van der Waals surface area contributed by atoms with Crippen LogP contribution in [0.4, 0.5) is 0 Å². The second-order valence-corrected chi connectivity index (χ2v) is 4.15. The Kier molecular flexibility index (Phi) is 6.08. The summed E-state index contributed by atoms with van der Waals surface area (Å²) in [6.07, 6.45) is 0.718. The van der Waals surface area contributed by atoms with E-state index in [9.17, 15) is 5.11 Å². The van der Waals surface area contributed by atoms with Crippen LogP contribution in [-0.2, 0) is 0 Å². The number of hydrogen-bond acceptors (Lipinski definition) is 3. The largest absolute Gasteiger partial charge is 0.387 e. The number of aliphatic hydroxyl groups excluding tert-OH is 1. The number of rotatable bonds is 7. The lowest BCUT2D eigenvalue weighted by atomic mass is 10.1. The number of benzene rings is 1. The van der Waals surface area contributed by atoms with Crippen molar-refractivity contribution < 1.29 is 5.11 Å². The fourth-order valence-electron chi connectivity index (χ4n) is 1.69.